The van der Waals surface area contributed by atoms with Crippen LogP contribution in [0.3, 0.4) is 0 Å². The number of nitrogens with one attached hydrogen (secondary N) is 2. The molecule has 2 N–H and O–H groups in total. The van der Waals surface area contributed by atoms with Gasteiger partial charge in [-0.2, -0.15) is 0 Å². The van der Waals surface area contributed by atoms with Crippen molar-refractivity contribution in [1.82, 2.24) is 10.2 Å². The smallest absolute Gasteiger partial charge is 0.256 e. The number of carbonyl (C=O) groups is 3. The third-order valence-corrected chi connectivity index (χ3v) is 7.26. The van der Waals surface area contributed by atoms with Gasteiger partial charge in [0.15, 0.2) is 0 Å². The summed E-state index contributed by atoms with van der Waals surface area (Å²) in [7, 11) is 0. The predicted molar refractivity (Wildman–Crippen MR) is 130 cm³/mol. The number of rotatable bonds is 4. The van der Waals surface area contributed by atoms with E-state index >= 15 is 0 Å². The molecular formula is C25H22ClN3O3S. The lowest BCUT2D eigenvalue weighted by molar-refractivity contribution is -0.124. The van der Waals surface area contributed by atoms with Crippen LogP contribution in [0.1, 0.15) is 28.1 Å². The maximum absolute atomic E-state index is 13.4. The van der Waals surface area contributed by atoms with Crippen LogP contribution >= 0.6 is 22.9 Å². The summed E-state index contributed by atoms with van der Waals surface area (Å²) in [6.45, 7) is 0.408. The first-order chi connectivity index (χ1) is 16.0. The number of hydrogen-bond donors (Lipinski definition) is 2. The molecule has 3 amide bonds. The Morgan fingerprint density at radius 3 is 2.67 bits per heavy atom. The summed E-state index contributed by atoms with van der Waals surface area (Å²) in [5, 5.41) is 8.54. The zero-order valence-corrected chi connectivity index (χ0v) is 19.3. The Hall–Kier alpha value is -3.16. The van der Waals surface area contributed by atoms with Gasteiger partial charge in [-0.3, -0.25) is 14.4 Å². The van der Waals surface area contributed by atoms with Gasteiger partial charge >= 0.3 is 0 Å². The van der Waals surface area contributed by atoms with E-state index in [-0.39, 0.29) is 23.8 Å². The van der Waals surface area contributed by atoms with Crippen LogP contribution in [0.2, 0.25) is 5.02 Å². The zero-order chi connectivity index (χ0) is 22.9. The van der Waals surface area contributed by atoms with Gasteiger partial charge in [-0.05, 0) is 59.7 Å². The Labute approximate surface area is 200 Å². The first-order valence-electron chi connectivity index (χ1n) is 10.8. The molecule has 3 aromatic rings. The van der Waals surface area contributed by atoms with Crippen molar-refractivity contribution in [1.29, 1.82) is 0 Å². The molecule has 1 fully saturated rings. The minimum atomic E-state index is -0.621. The fourth-order valence-corrected chi connectivity index (χ4v) is 5.29. The van der Waals surface area contributed by atoms with E-state index in [4.69, 9.17) is 11.6 Å². The molecule has 8 heteroatoms. The quantitative estimate of drug-likeness (QED) is 0.583. The van der Waals surface area contributed by atoms with Crippen LogP contribution in [0.15, 0.2) is 60.0 Å². The number of carbonyl (C=O) groups excluding carboxylic acids is 3. The van der Waals surface area contributed by atoms with Gasteiger partial charge in [0.05, 0.1) is 17.7 Å². The minimum absolute atomic E-state index is 0.0628. The third-order valence-electron chi connectivity index (χ3n) is 6.13. The lowest BCUT2D eigenvalue weighted by Crippen LogP contribution is -2.55. The van der Waals surface area contributed by atoms with Crippen LogP contribution in [-0.4, -0.2) is 41.2 Å². The van der Waals surface area contributed by atoms with Gasteiger partial charge in [-0.1, -0.05) is 35.9 Å². The van der Waals surface area contributed by atoms with Gasteiger partial charge in [-0.25, -0.2) is 0 Å². The number of halogens is 1. The second-order valence-corrected chi connectivity index (χ2v) is 9.78. The summed E-state index contributed by atoms with van der Waals surface area (Å²) in [6.07, 6.45) is 1.33. The average Bonchev–Trinajstić information content (AvgIpc) is 3.29. The molecule has 33 heavy (non-hydrogen) atoms. The van der Waals surface area contributed by atoms with E-state index in [1.807, 2.05) is 41.8 Å². The first kappa shape index (κ1) is 21.7. The van der Waals surface area contributed by atoms with Gasteiger partial charge in [0.25, 0.3) is 5.91 Å². The molecule has 5 rings (SSSR count). The Morgan fingerprint density at radius 2 is 1.91 bits per heavy atom. The van der Waals surface area contributed by atoms with Gasteiger partial charge < -0.3 is 15.5 Å². The zero-order valence-electron chi connectivity index (χ0n) is 17.7. The number of amides is 3. The molecule has 2 unspecified atom stereocenters. The lowest BCUT2D eigenvalue weighted by atomic mass is 9.95. The highest BCUT2D eigenvalue weighted by Crippen LogP contribution is 2.32. The highest BCUT2D eigenvalue weighted by Gasteiger charge is 2.40. The number of hydrogen-bond acceptors (Lipinski definition) is 4. The normalized spacial score (nSPS) is 19.8. The second-order valence-electron chi connectivity index (χ2n) is 8.32. The summed E-state index contributed by atoms with van der Waals surface area (Å²) in [5.74, 6) is -0.460. The van der Waals surface area contributed by atoms with Crippen molar-refractivity contribution in [2.75, 3.05) is 11.9 Å². The standard InChI is InChI=1S/C25H22ClN3O3S/c26-17-6-3-15(4-7-17)16-5-8-21-20(12-16)25(32)29-10-9-18(13-22(29)24(31)28-21)27-23(30)14-19-2-1-11-33-19/h1-8,11-12,18,22H,9-10,13-14H2,(H,27,30)(H,28,31). The second kappa shape index (κ2) is 9.00. The van der Waals surface area contributed by atoms with Gasteiger partial charge in [0.2, 0.25) is 11.8 Å². The van der Waals surface area contributed by atoms with E-state index in [9.17, 15) is 14.4 Å². The highest BCUT2D eigenvalue weighted by molar-refractivity contribution is 7.10. The summed E-state index contributed by atoms with van der Waals surface area (Å²) in [5.41, 5.74) is 2.80. The van der Waals surface area contributed by atoms with Crippen molar-refractivity contribution in [3.63, 3.8) is 0 Å². The molecule has 3 heterocycles. The topological polar surface area (TPSA) is 78.5 Å². The molecule has 0 radical (unpaired) electrons. The lowest BCUT2D eigenvalue weighted by Gasteiger charge is -2.37. The van der Waals surface area contributed by atoms with Crippen LogP contribution < -0.4 is 10.6 Å². The van der Waals surface area contributed by atoms with Gasteiger partial charge in [0.1, 0.15) is 6.04 Å². The van der Waals surface area contributed by atoms with E-state index in [0.717, 1.165) is 16.0 Å². The average molecular weight is 480 g/mol. The molecule has 0 spiro atoms. The maximum atomic E-state index is 13.4. The van der Waals surface area contributed by atoms with Crippen LogP contribution in [-0.2, 0) is 16.0 Å². The maximum Gasteiger partial charge on any atom is 0.256 e. The molecule has 2 aliphatic rings. The Kier molecular flexibility index (Phi) is 5.91. The van der Waals surface area contributed by atoms with Crippen LogP contribution in [0.5, 0.6) is 0 Å². The molecule has 2 atom stereocenters. The van der Waals surface area contributed by atoms with Crippen molar-refractivity contribution in [3.8, 4) is 11.1 Å². The fourth-order valence-electron chi connectivity index (χ4n) is 4.46. The van der Waals surface area contributed by atoms with E-state index in [0.29, 0.717) is 42.1 Å². The number of anilines is 1. The first-order valence-corrected chi connectivity index (χ1v) is 12.1. The molecule has 1 saturated heterocycles. The van der Waals surface area contributed by atoms with Crippen LogP contribution in [0.4, 0.5) is 5.69 Å². The molecule has 0 aliphatic carbocycles. The Bertz CT molecular complexity index is 1210. The molecule has 0 bridgehead atoms. The van der Waals surface area contributed by atoms with E-state index in [1.54, 1.807) is 34.4 Å². The Morgan fingerprint density at radius 1 is 1.12 bits per heavy atom. The summed E-state index contributed by atoms with van der Waals surface area (Å²) in [4.78, 5) is 41.5. The molecule has 2 aromatic carbocycles. The minimum Gasteiger partial charge on any atom is -0.353 e. The van der Waals surface area contributed by atoms with Gasteiger partial charge in [0, 0.05) is 22.5 Å². The largest absolute Gasteiger partial charge is 0.353 e. The van der Waals surface area contributed by atoms with Crippen molar-refractivity contribution < 1.29 is 14.4 Å². The summed E-state index contributed by atoms with van der Waals surface area (Å²) >= 11 is 7.54. The van der Waals surface area contributed by atoms with E-state index in [2.05, 4.69) is 10.6 Å². The molecule has 168 valence electrons. The Balaban J connectivity index is 1.33. The number of fused-ring (bicyclic) bond motifs is 2. The fraction of sp³-hybridized carbons (Fsp3) is 0.240. The van der Waals surface area contributed by atoms with Crippen LogP contribution in [0.25, 0.3) is 11.1 Å². The monoisotopic (exact) mass is 479 g/mol. The number of thiophene rings is 1. The highest BCUT2D eigenvalue weighted by atomic mass is 35.5. The molecule has 2 aliphatic heterocycles. The third kappa shape index (κ3) is 4.51. The summed E-state index contributed by atoms with van der Waals surface area (Å²) in [6, 6.07) is 16.0. The van der Waals surface area contributed by atoms with Gasteiger partial charge in [-0.15, -0.1) is 11.3 Å². The SMILES string of the molecule is O=C(Cc1cccs1)NC1CCN2C(=O)c3cc(-c4ccc(Cl)cc4)ccc3NC(=O)C2C1. The van der Waals surface area contributed by atoms with E-state index in [1.165, 1.54) is 0 Å². The molecule has 6 nitrogen and oxygen atoms in total. The van der Waals surface area contributed by atoms with E-state index < -0.39 is 6.04 Å². The predicted octanol–water partition coefficient (Wildman–Crippen LogP) is 4.35. The van der Waals surface area contributed by atoms with Crippen molar-refractivity contribution in [2.45, 2.75) is 31.3 Å². The molecular weight excluding hydrogens is 458 g/mol. The van der Waals surface area contributed by atoms with Crippen molar-refractivity contribution in [2.24, 2.45) is 0 Å². The van der Waals surface area contributed by atoms with Crippen molar-refractivity contribution >= 4 is 46.3 Å². The number of piperidine rings is 1. The van der Waals surface area contributed by atoms with Crippen LogP contribution in [0, 0.1) is 0 Å². The molecule has 0 saturated carbocycles. The molecule has 1 aromatic heterocycles. The number of nitrogens with zero attached hydrogens (tertiary/aromatic N) is 1. The number of benzene rings is 2. The van der Waals surface area contributed by atoms with Crippen molar-refractivity contribution in [3.05, 3.63) is 75.4 Å². The summed E-state index contributed by atoms with van der Waals surface area (Å²) < 4.78 is 0.